The molecule has 1 aliphatic carbocycles. The number of nitrogens with zero attached hydrogens (tertiary/aromatic N) is 2. The van der Waals surface area contributed by atoms with Crippen LogP contribution < -0.4 is 5.43 Å². The van der Waals surface area contributed by atoms with E-state index in [1.807, 2.05) is 12.3 Å². The van der Waals surface area contributed by atoms with Crippen molar-refractivity contribution in [3.8, 4) is 16.9 Å². The Labute approximate surface area is 151 Å². The van der Waals surface area contributed by atoms with Gasteiger partial charge in [0.15, 0.2) is 5.75 Å². The van der Waals surface area contributed by atoms with Gasteiger partial charge in [-0.25, -0.2) is 0 Å². The van der Waals surface area contributed by atoms with Gasteiger partial charge in [-0.05, 0) is 41.7 Å². The minimum Gasteiger partial charge on any atom is -0.502 e. The first-order valence-corrected chi connectivity index (χ1v) is 8.73. The van der Waals surface area contributed by atoms with Crippen molar-refractivity contribution >= 4 is 0 Å². The number of benzene rings is 1. The van der Waals surface area contributed by atoms with E-state index in [9.17, 15) is 9.90 Å². The van der Waals surface area contributed by atoms with E-state index in [-0.39, 0.29) is 5.75 Å². The highest BCUT2D eigenvalue weighted by Crippen LogP contribution is 2.30. The smallest absolute Gasteiger partial charge is 0.226 e. The molecule has 5 nitrogen and oxygen atoms in total. The quantitative estimate of drug-likeness (QED) is 0.738. The van der Waals surface area contributed by atoms with Crippen LogP contribution in [0.1, 0.15) is 24.2 Å². The minimum absolute atomic E-state index is 0.351. The van der Waals surface area contributed by atoms with Crippen LogP contribution in [-0.2, 0) is 13.1 Å². The van der Waals surface area contributed by atoms with Gasteiger partial charge >= 0.3 is 0 Å². The molecule has 1 N–H and O–H groups in total. The lowest BCUT2D eigenvalue weighted by atomic mass is 10.0. The largest absolute Gasteiger partial charge is 0.502 e. The molecule has 3 aromatic rings. The predicted octanol–water partition coefficient (Wildman–Crippen LogP) is 3.57. The van der Waals surface area contributed by atoms with Gasteiger partial charge in [0.25, 0.3) is 0 Å². The van der Waals surface area contributed by atoms with Gasteiger partial charge in [-0.3, -0.25) is 14.7 Å². The van der Waals surface area contributed by atoms with E-state index < -0.39 is 5.43 Å². The van der Waals surface area contributed by atoms with Crippen molar-refractivity contribution in [2.75, 3.05) is 0 Å². The van der Waals surface area contributed by atoms with E-state index in [0.29, 0.717) is 18.3 Å². The van der Waals surface area contributed by atoms with Gasteiger partial charge in [0.05, 0.1) is 6.54 Å². The number of hydrogen-bond donors (Lipinski definition) is 1. The Balaban J connectivity index is 1.54. The molecule has 2 heterocycles. The molecule has 2 aromatic heterocycles. The maximum atomic E-state index is 11.6. The molecule has 0 atom stereocenters. The second-order valence-corrected chi connectivity index (χ2v) is 6.67. The molecule has 1 saturated carbocycles. The highest BCUT2D eigenvalue weighted by molar-refractivity contribution is 5.62. The monoisotopic (exact) mass is 348 g/mol. The number of hydrogen-bond acceptors (Lipinski definition) is 5. The van der Waals surface area contributed by atoms with Gasteiger partial charge < -0.3 is 9.52 Å². The molecule has 0 radical (unpaired) electrons. The molecule has 0 aliphatic heterocycles. The lowest BCUT2D eigenvalue weighted by molar-refractivity contribution is 0.221. The van der Waals surface area contributed by atoms with Crippen molar-refractivity contribution in [3.63, 3.8) is 0 Å². The molecule has 26 heavy (non-hydrogen) atoms. The summed E-state index contributed by atoms with van der Waals surface area (Å²) in [5.41, 5.74) is 3.04. The van der Waals surface area contributed by atoms with E-state index in [0.717, 1.165) is 36.8 Å². The summed E-state index contributed by atoms with van der Waals surface area (Å²) >= 11 is 0. The summed E-state index contributed by atoms with van der Waals surface area (Å²) in [5.74, 6) is 0.221. The van der Waals surface area contributed by atoms with Gasteiger partial charge in [-0.15, -0.1) is 0 Å². The normalized spacial score (nSPS) is 13.9. The van der Waals surface area contributed by atoms with Crippen LogP contribution in [0.4, 0.5) is 0 Å². The minimum atomic E-state index is -0.402. The Hall–Kier alpha value is -2.92. The van der Waals surface area contributed by atoms with Crippen LogP contribution in [0.5, 0.6) is 5.75 Å². The predicted molar refractivity (Wildman–Crippen MR) is 98.6 cm³/mol. The highest BCUT2D eigenvalue weighted by Gasteiger charge is 2.29. The Morgan fingerprint density at radius 2 is 1.96 bits per heavy atom. The second-order valence-electron chi connectivity index (χ2n) is 6.67. The molecule has 4 rings (SSSR count). The summed E-state index contributed by atoms with van der Waals surface area (Å²) in [7, 11) is 0. The van der Waals surface area contributed by atoms with E-state index in [1.165, 1.54) is 11.6 Å². The first-order valence-electron chi connectivity index (χ1n) is 8.73. The maximum Gasteiger partial charge on any atom is 0.226 e. The lowest BCUT2D eigenvalue weighted by Crippen LogP contribution is -2.25. The maximum absolute atomic E-state index is 11.6. The van der Waals surface area contributed by atoms with Crippen LogP contribution in [0.15, 0.2) is 70.3 Å². The number of pyridine rings is 1. The zero-order valence-electron chi connectivity index (χ0n) is 14.3. The summed E-state index contributed by atoms with van der Waals surface area (Å²) in [6.07, 6.45) is 7.07. The third-order valence-corrected chi connectivity index (χ3v) is 4.60. The van der Waals surface area contributed by atoms with Crippen molar-refractivity contribution in [2.45, 2.75) is 32.0 Å². The topological polar surface area (TPSA) is 66.6 Å². The number of rotatable bonds is 6. The molecule has 5 heteroatoms. The Bertz CT molecular complexity index is 949. The number of aromatic hydroxyl groups is 1. The average Bonchev–Trinajstić information content (AvgIpc) is 3.50. The van der Waals surface area contributed by atoms with Gasteiger partial charge in [0, 0.05) is 31.0 Å². The molecule has 0 spiro atoms. The average molecular weight is 348 g/mol. The molecule has 1 aromatic carbocycles. The fourth-order valence-electron chi connectivity index (χ4n) is 3.10. The molecule has 132 valence electrons. The molecule has 1 aliphatic rings. The summed E-state index contributed by atoms with van der Waals surface area (Å²) in [6.45, 7) is 1.33. The standard InChI is InChI=1S/C21H20N2O3/c24-20-10-19(26-14-21(20)25)13-23(18-6-7-18)12-15-3-1-4-16(9-15)17-5-2-8-22-11-17/h1-5,8-11,14,18,25H,6-7,12-13H2. The van der Waals surface area contributed by atoms with Crippen molar-refractivity contribution in [3.05, 3.63) is 82.7 Å². The molecular formula is C21H20N2O3. The van der Waals surface area contributed by atoms with Crippen molar-refractivity contribution in [1.29, 1.82) is 0 Å². The summed E-state index contributed by atoms with van der Waals surface area (Å²) in [4.78, 5) is 18.1. The van der Waals surface area contributed by atoms with Gasteiger partial charge in [-0.2, -0.15) is 0 Å². The Kier molecular flexibility index (Phi) is 4.54. The van der Waals surface area contributed by atoms with Crippen LogP contribution in [0.2, 0.25) is 0 Å². The van der Waals surface area contributed by atoms with Gasteiger partial charge in [0.1, 0.15) is 12.0 Å². The number of aromatic nitrogens is 1. The Morgan fingerprint density at radius 3 is 2.69 bits per heavy atom. The first kappa shape index (κ1) is 16.5. The van der Waals surface area contributed by atoms with E-state index in [4.69, 9.17) is 4.42 Å². The summed E-state index contributed by atoms with van der Waals surface area (Å²) < 4.78 is 5.38. The zero-order chi connectivity index (χ0) is 17.9. The third kappa shape index (κ3) is 3.83. The van der Waals surface area contributed by atoms with E-state index >= 15 is 0 Å². The van der Waals surface area contributed by atoms with Crippen LogP contribution in [0.3, 0.4) is 0 Å². The fraction of sp³-hybridized carbons (Fsp3) is 0.238. The molecule has 0 saturated heterocycles. The molecular weight excluding hydrogens is 328 g/mol. The van der Waals surface area contributed by atoms with E-state index in [1.54, 1.807) is 6.20 Å². The molecule has 0 amide bonds. The van der Waals surface area contributed by atoms with Gasteiger partial charge in [-0.1, -0.05) is 24.3 Å². The van der Waals surface area contributed by atoms with Crippen molar-refractivity contribution < 1.29 is 9.52 Å². The molecule has 0 bridgehead atoms. The lowest BCUT2D eigenvalue weighted by Gasteiger charge is -2.21. The zero-order valence-corrected chi connectivity index (χ0v) is 14.3. The second kappa shape index (κ2) is 7.14. The highest BCUT2D eigenvalue weighted by atomic mass is 16.4. The first-order chi connectivity index (χ1) is 12.7. The van der Waals surface area contributed by atoms with E-state index in [2.05, 4.69) is 40.2 Å². The summed E-state index contributed by atoms with van der Waals surface area (Å²) in [5, 5.41) is 9.35. The van der Waals surface area contributed by atoms with Crippen LogP contribution in [0, 0.1) is 0 Å². The van der Waals surface area contributed by atoms with Crippen LogP contribution in [0.25, 0.3) is 11.1 Å². The third-order valence-electron chi connectivity index (χ3n) is 4.60. The van der Waals surface area contributed by atoms with Crippen molar-refractivity contribution in [1.82, 2.24) is 9.88 Å². The fourth-order valence-corrected chi connectivity index (χ4v) is 3.10. The Morgan fingerprint density at radius 1 is 1.12 bits per heavy atom. The SMILES string of the molecule is O=c1cc(CN(Cc2cccc(-c3cccnc3)c2)C2CC2)occ1O. The van der Waals surface area contributed by atoms with Gasteiger partial charge in [0.2, 0.25) is 5.43 Å². The molecule has 1 fully saturated rings. The summed E-state index contributed by atoms with van der Waals surface area (Å²) in [6, 6.07) is 14.3. The van der Waals surface area contributed by atoms with Crippen LogP contribution >= 0.6 is 0 Å². The van der Waals surface area contributed by atoms with Crippen LogP contribution in [-0.4, -0.2) is 21.0 Å². The molecule has 0 unspecified atom stereocenters. The van der Waals surface area contributed by atoms with Crippen molar-refractivity contribution in [2.24, 2.45) is 0 Å².